The number of hydrogen-bond donors (Lipinski definition) is 0. The first-order valence-corrected chi connectivity index (χ1v) is 22.2. The van der Waals surface area contributed by atoms with Gasteiger partial charge in [-0.05, 0) is 44.2 Å². The van der Waals surface area contributed by atoms with Crippen molar-refractivity contribution in [1.29, 1.82) is 0 Å². The molecular formula is C57H60Zr. The fraction of sp³-hybridized carbons (Fsp3) is 0.263. The Kier molecular flexibility index (Phi) is 13.8. The van der Waals surface area contributed by atoms with E-state index in [1.807, 2.05) is 12.2 Å². The van der Waals surface area contributed by atoms with Crippen LogP contribution in [-0.2, 0) is 35.1 Å². The minimum atomic E-state index is 0.0554. The molecule has 0 bridgehead atoms. The van der Waals surface area contributed by atoms with E-state index in [9.17, 15) is 0 Å². The van der Waals surface area contributed by atoms with E-state index in [1.54, 1.807) is 0 Å². The van der Waals surface area contributed by atoms with Crippen LogP contribution in [0.2, 0.25) is 0 Å². The van der Waals surface area contributed by atoms with E-state index >= 15 is 0 Å². The van der Waals surface area contributed by atoms with Crippen LogP contribution in [0.25, 0.3) is 43.8 Å². The van der Waals surface area contributed by atoms with Gasteiger partial charge in [-0.15, -0.1) is 46.2 Å². The first-order valence-electron chi connectivity index (χ1n) is 21.0. The third kappa shape index (κ3) is 10.3. The summed E-state index contributed by atoms with van der Waals surface area (Å²) in [7, 11) is 0. The summed E-state index contributed by atoms with van der Waals surface area (Å²) >= 11 is 1.47. The van der Waals surface area contributed by atoms with Gasteiger partial charge < -0.3 is 0 Å². The Morgan fingerprint density at radius 2 is 0.948 bits per heavy atom. The van der Waals surface area contributed by atoms with Crippen LogP contribution >= 0.6 is 0 Å². The largest absolute Gasteiger partial charge is 0.273 e. The molecule has 0 aliphatic heterocycles. The molecule has 0 N–H and O–H groups in total. The van der Waals surface area contributed by atoms with Gasteiger partial charge in [0.1, 0.15) is 0 Å². The zero-order valence-corrected chi connectivity index (χ0v) is 38.8. The van der Waals surface area contributed by atoms with Gasteiger partial charge in [0.25, 0.3) is 0 Å². The maximum absolute atomic E-state index is 2.99. The standard InChI is InChI=1S/C33H33.C19H22.C5H5.Zr/c1-32(2,3)30-20-26-24(18-28(30)22-13-9-7-10-14-22)17-25-19-29(23-15-11-8-12-16-23)31(21-27(25)26)33(4,5)6;1-14(2)18-9-5-16(6-10-18)13-17-7-11-19(12-8-17)15(3)4;1-2-4-5-3-1;/h7-21H,1-6H3;5-12,14-15H,1-4H3;1-3H,4H2;/q-1;;-1;+2. The average molecular weight is 836 g/mol. The molecule has 292 valence electrons. The monoisotopic (exact) mass is 834 g/mol. The van der Waals surface area contributed by atoms with E-state index in [2.05, 4.69) is 221 Å². The summed E-state index contributed by atoms with van der Waals surface area (Å²) in [6, 6.07) is 51.8. The Hall–Kier alpha value is -4.58. The molecule has 7 aromatic rings. The molecule has 0 amide bonds. The molecule has 1 heteroatoms. The van der Waals surface area contributed by atoms with Crippen LogP contribution in [0.15, 0.2) is 158 Å². The van der Waals surface area contributed by atoms with Gasteiger partial charge in [0.05, 0.1) is 0 Å². The molecule has 0 radical (unpaired) electrons. The molecule has 1 aliphatic carbocycles. The van der Waals surface area contributed by atoms with E-state index in [4.69, 9.17) is 0 Å². The number of rotatable bonds is 6. The number of allylic oxidation sites excluding steroid dienone is 4. The van der Waals surface area contributed by atoms with Crippen LogP contribution in [0.4, 0.5) is 0 Å². The van der Waals surface area contributed by atoms with Crippen molar-refractivity contribution in [3.05, 3.63) is 197 Å². The van der Waals surface area contributed by atoms with Crippen molar-refractivity contribution in [2.45, 2.75) is 98.3 Å². The zero-order chi connectivity index (χ0) is 41.6. The molecule has 0 saturated heterocycles. The molecule has 7 aromatic carbocycles. The molecule has 0 spiro atoms. The summed E-state index contributed by atoms with van der Waals surface area (Å²) in [5.41, 5.74) is 13.7. The molecular weight excluding hydrogens is 776 g/mol. The van der Waals surface area contributed by atoms with Crippen LogP contribution in [0, 0.1) is 6.08 Å². The molecule has 0 nitrogen and oxygen atoms in total. The molecule has 0 atom stereocenters. The van der Waals surface area contributed by atoms with E-state index in [-0.39, 0.29) is 10.8 Å². The summed E-state index contributed by atoms with van der Waals surface area (Å²) in [5, 5.41) is 5.36. The van der Waals surface area contributed by atoms with Gasteiger partial charge >= 0.3 is 138 Å². The van der Waals surface area contributed by atoms with Crippen LogP contribution in [0.5, 0.6) is 0 Å². The summed E-state index contributed by atoms with van der Waals surface area (Å²) in [4.78, 5) is 0. The average Bonchev–Trinajstić information content (AvgIpc) is 3.92. The van der Waals surface area contributed by atoms with E-state index in [0.29, 0.717) is 11.8 Å². The third-order valence-electron chi connectivity index (χ3n) is 11.1. The second-order valence-electron chi connectivity index (χ2n) is 18.3. The van der Waals surface area contributed by atoms with Crippen LogP contribution in [-0.4, -0.2) is 3.21 Å². The molecule has 0 unspecified atom stereocenters. The number of benzene rings is 6. The van der Waals surface area contributed by atoms with Gasteiger partial charge in [0, 0.05) is 0 Å². The van der Waals surface area contributed by atoms with Crippen molar-refractivity contribution in [3.8, 4) is 22.3 Å². The van der Waals surface area contributed by atoms with E-state index < -0.39 is 0 Å². The maximum atomic E-state index is 2.99. The fourth-order valence-electron chi connectivity index (χ4n) is 7.64. The Balaban J connectivity index is 0.000000191. The summed E-state index contributed by atoms with van der Waals surface area (Å²) < 4.78 is 1.43. The topological polar surface area (TPSA) is 0 Å². The van der Waals surface area contributed by atoms with Gasteiger partial charge in [0.2, 0.25) is 0 Å². The first-order chi connectivity index (χ1) is 27.6. The predicted octanol–water partition coefficient (Wildman–Crippen LogP) is 16.0. The Morgan fingerprint density at radius 3 is 1.24 bits per heavy atom. The molecule has 8 rings (SSSR count). The predicted molar refractivity (Wildman–Crippen MR) is 251 cm³/mol. The fourth-order valence-corrected chi connectivity index (χ4v) is 8.46. The molecule has 0 aromatic heterocycles. The smallest absolute Gasteiger partial charge is 0.109 e. The van der Waals surface area contributed by atoms with Crippen molar-refractivity contribution in [2.75, 3.05) is 0 Å². The molecule has 1 aliphatic rings. The second kappa shape index (κ2) is 18.6. The summed E-state index contributed by atoms with van der Waals surface area (Å²) in [6.07, 6.45) is 10.0. The normalized spacial score (nSPS) is 12.5. The van der Waals surface area contributed by atoms with Gasteiger partial charge in [0.15, 0.2) is 0 Å². The second-order valence-corrected chi connectivity index (χ2v) is 19.5. The summed E-state index contributed by atoms with van der Waals surface area (Å²) in [6.45, 7) is 22.9. The van der Waals surface area contributed by atoms with Crippen molar-refractivity contribution in [1.82, 2.24) is 0 Å². The third-order valence-corrected chi connectivity index (χ3v) is 12.5. The quantitative estimate of drug-likeness (QED) is 0.146. The van der Waals surface area contributed by atoms with Crippen LogP contribution in [0.3, 0.4) is 0 Å². The number of fused-ring (bicyclic) bond motifs is 3. The maximum Gasteiger partial charge on any atom is -0.109 e. The minimum Gasteiger partial charge on any atom is -0.273 e. The molecule has 0 fully saturated rings. The number of hydrogen-bond acceptors (Lipinski definition) is 0. The van der Waals surface area contributed by atoms with Crippen LogP contribution in [0.1, 0.15) is 121 Å². The van der Waals surface area contributed by atoms with Crippen LogP contribution < -0.4 is 0 Å². The zero-order valence-electron chi connectivity index (χ0n) is 36.4. The molecule has 0 saturated carbocycles. The Morgan fingerprint density at radius 1 is 0.552 bits per heavy atom. The Labute approximate surface area is 364 Å². The van der Waals surface area contributed by atoms with Crippen molar-refractivity contribution in [3.63, 3.8) is 0 Å². The van der Waals surface area contributed by atoms with Crippen molar-refractivity contribution in [2.24, 2.45) is 0 Å². The minimum absolute atomic E-state index is 0.0554. The molecule has 0 heterocycles. The van der Waals surface area contributed by atoms with Gasteiger partial charge in [-0.2, -0.15) is 6.08 Å². The van der Waals surface area contributed by atoms with Gasteiger partial charge in [-0.1, -0.05) is 114 Å². The summed E-state index contributed by atoms with van der Waals surface area (Å²) in [5.74, 6) is 1.20. The van der Waals surface area contributed by atoms with Crippen molar-refractivity contribution < 1.29 is 24.2 Å². The van der Waals surface area contributed by atoms with Crippen molar-refractivity contribution >= 4 is 24.8 Å². The van der Waals surface area contributed by atoms with Gasteiger partial charge in [-0.25, -0.2) is 12.2 Å². The first kappa shape index (κ1) is 43.0. The van der Waals surface area contributed by atoms with E-state index in [0.717, 1.165) is 6.42 Å². The van der Waals surface area contributed by atoms with E-state index in [1.165, 1.54) is 105 Å². The Bertz CT molecular complexity index is 2330. The van der Waals surface area contributed by atoms with Gasteiger partial charge in [-0.3, -0.25) is 6.08 Å². The molecule has 58 heavy (non-hydrogen) atoms. The SMILES string of the molecule is CC(C)(C)c1cc2c(cc1-c1ccccc1)[cH-]c1cc(-c3ccccc3)c(C(C)(C)C)cc12.CC(C)c1ccc([C](=[Zr+2])c2ccc(C(C)C)cc2)cc1.[C-]1=CC=CC1.